The van der Waals surface area contributed by atoms with Gasteiger partial charge < -0.3 is 34.0 Å². The van der Waals surface area contributed by atoms with Gasteiger partial charge in [-0.25, -0.2) is 9.37 Å². The number of carbonyl (C=O) groups is 2. The number of anilines is 2. The summed E-state index contributed by atoms with van der Waals surface area (Å²) in [5.74, 6) is 1.16. The molecule has 0 unspecified atom stereocenters. The zero-order valence-corrected chi connectivity index (χ0v) is 24.5. The molecule has 0 bridgehead atoms. The molecule has 1 fully saturated rings. The van der Waals surface area contributed by atoms with Crippen LogP contribution in [-0.2, 0) is 17.9 Å². The van der Waals surface area contributed by atoms with Gasteiger partial charge in [0.25, 0.3) is 5.91 Å². The summed E-state index contributed by atoms with van der Waals surface area (Å²) in [6.07, 6.45) is 2.45. The Morgan fingerprint density at radius 2 is 1.86 bits per heavy atom. The zero-order valence-electron chi connectivity index (χ0n) is 24.5. The van der Waals surface area contributed by atoms with Crippen molar-refractivity contribution in [1.29, 1.82) is 0 Å². The molecular weight excluding hydrogens is 567 g/mol. The second-order valence-corrected chi connectivity index (χ2v) is 10.6. The van der Waals surface area contributed by atoms with Crippen LogP contribution in [0.3, 0.4) is 0 Å². The number of rotatable bonds is 10. The Labute approximate surface area is 252 Å². The fourth-order valence-electron chi connectivity index (χ4n) is 5.40. The lowest BCUT2D eigenvalue weighted by molar-refractivity contribution is -0.130. The zero-order chi connectivity index (χ0) is 30.6. The number of benzene rings is 2. The van der Waals surface area contributed by atoms with Crippen molar-refractivity contribution in [2.45, 2.75) is 33.4 Å². The van der Waals surface area contributed by atoms with Crippen molar-refractivity contribution >= 4 is 34.4 Å². The van der Waals surface area contributed by atoms with E-state index in [4.69, 9.17) is 9.05 Å². The maximum atomic E-state index is 15.2. The number of nitrogens with one attached hydrogen (secondary N) is 2. The quantitative estimate of drug-likeness (QED) is 0.242. The molecule has 0 spiro atoms. The van der Waals surface area contributed by atoms with Gasteiger partial charge in [-0.3, -0.25) is 9.59 Å². The minimum absolute atomic E-state index is 0.114. The van der Waals surface area contributed by atoms with Crippen LogP contribution in [0.2, 0.25) is 0 Å². The van der Waals surface area contributed by atoms with Crippen LogP contribution >= 0.6 is 0 Å². The molecule has 2 amide bonds. The van der Waals surface area contributed by atoms with E-state index in [1.54, 1.807) is 41.3 Å². The molecule has 1 aliphatic heterocycles. The maximum Gasteiger partial charge on any atom is 0.251 e. The first kappa shape index (κ1) is 28.9. The second kappa shape index (κ2) is 12.6. The molecule has 2 N–H and O–H groups in total. The molecule has 12 nitrogen and oxygen atoms in total. The van der Waals surface area contributed by atoms with Crippen molar-refractivity contribution in [2.75, 3.05) is 42.9 Å². The lowest BCUT2D eigenvalue weighted by Gasteiger charge is -2.36. The van der Waals surface area contributed by atoms with Crippen LogP contribution in [0.25, 0.3) is 22.3 Å². The summed E-state index contributed by atoms with van der Waals surface area (Å²) < 4.78 is 27.5. The van der Waals surface area contributed by atoms with Crippen molar-refractivity contribution in [3.8, 4) is 11.3 Å². The predicted molar refractivity (Wildman–Crippen MR) is 162 cm³/mol. The fourth-order valence-corrected chi connectivity index (χ4v) is 5.40. The molecular formula is C31H33FN8O4. The summed E-state index contributed by atoms with van der Waals surface area (Å²) in [5.41, 5.74) is 3.77. The number of fused-ring (bicyclic) bond motifs is 1. The average molecular weight is 601 g/mol. The number of aryl methyl sites for hydroxylation is 2. The number of amides is 2. The third kappa shape index (κ3) is 6.12. The predicted octanol–water partition coefficient (Wildman–Crippen LogP) is 4.23. The molecule has 0 aliphatic carbocycles. The SMILES string of the molecule is CCCn1c(C)nc2cc(C(=O)NCC(=O)N3CCN(c4ccc(-c5cc(CNc6ccon6)on5)cc4F)CC3)ccc21. The molecule has 3 aromatic heterocycles. The van der Waals surface area contributed by atoms with Crippen molar-refractivity contribution in [3.05, 3.63) is 77.8 Å². The monoisotopic (exact) mass is 600 g/mol. The Balaban J connectivity index is 0.998. The second-order valence-electron chi connectivity index (χ2n) is 10.6. The van der Waals surface area contributed by atoms with E-state index in [2.05, 4.69) is 37.4 Å². The van der Waals surface area contributed by atoms with E-state index in [0.29, 0.717) is 66.8 Å². The standard InChI is InChI=1S/C31H33FN8O4/c1-3-9-40-20(2)35-26-16-22(5-7-28(26)40)31(42)34-19-30(41)39-12-10-38(11-13-39)27-6-4-21(15-24(27)32)25-17-23(44-36-25)18-33-29-8-14-43-37-29/h4-8,14-17H,3,9-13,18-19H2,1-2H3,(H,33,37)(H,34,42). The van der Waals surface area contributed by atoms with Crippen LogP contribution in [0.15, 0.2) is 63.8 Å². The lowest BCUT2D eigenvalue weighted by Crippen LogP contribution is -2.51. The van der Waals surface area contributed by atoms with E-state index >= 15 is 4.39 Å². The highest BCUT2D eigenvalue weighted by Gasteiger charge is 2.24. The number of aromatic nitrogens is 4. The van der Waals surface area contributed by atoms with E-state index in [0.717, 1.165) is 29.8 Å². The number of hydrogen-bond donors (Lipinski definition) is 2. The summed E-state index contributed by atoms with van der Waals surface area (Å²) in [5, 5.41) is 13.6. The normalized spacial score (nSPS) is 13.4. The van der Waals surface area contributed by atoms with Gasteiger partial charge in [0.05, 0.1) is 29.8 Å². The molecule has 1 aliphatic rings. The highest BCUT2D eigenvalue weighted by molar-refractivity contribution is 5.99. The topological polar surface area (TPSA) is 135 Å². The fraction of sp³-hybridized carbons (Fsp3) is 0.323. The highest BCUT2D eigenvalue weighted by atomic mass is 19.1. The molecule has 0 saturated carbocycles. The van der Waals surface area contributed by atoms with Crippen molar-refractivity contribution in [1.82, 2.24) is 30.1 Å². The minimum atomic E-state index is -0.383. The Kier molecular flexibility index (Phi) is 8.26. The first-order valence-corrected chi connectivity index (χ1v) is 14.6. The smallest absolute Gasteiger partial charge is 0.251 e. The van der Waals surface area contributed by atoms with Gasteiger partial charge in [0.15, 0.2) is 11.6 Å². The van der Waals surface area contributed by atoms with E-state index in [1.807, 2.05) is 17.9 Å². The van der Waals surface area contributed by atoms with Crippen molar-refractivity contribution in [3.63, 3.8) is 0 Å². The van der Waals surface area contributed by atoms with Crippen LogP contribution in [-0.4, -0.2) is 69.3 Å². The van der Waals surface area contributed by atoms with Crippen LogP contribution < -0.4 is 15.5 Å². The number of carbonyl (C=O) groups excluding carboxylic acids is 2. The van der Waals surface area contributed by atoms with Crippen LogP contribution in [0.5, 0.6) is 0 Å². The number of hydrogen-bond acceptors (Lipinski definition) is 9. The van der Waals surface area contributed by atoms with Gasteiger partial charge in [0, 0.05) is 56.0 Å². The molecule has 2 aromatic carbocycles. The molecule has 5 aromatic rings. The van der Waals surface area contributed by atoms with Gasteiger partial charge in [0.1, 0.15) is 23.6 Å². The molecule has 6 rings (SSSR count). The summed E-state index contributed by atoms with van der Waals surface area (Å²) in [4.78, 5) is 33.8. The number of piperazine rings is 1. The summed E-state index contributed by atoms with van der Waals surface area (Å²) in [6.45, 7) is 6.93. The van der Waals surface area contributed by atoms with Gasteiger partial charge in [-0.2, -0.15) is 0 Å². The molecule has 0 atom stereocenters. The molecule has 44 heavy (non-hydrogen) atoms. The van der Waals surface area contributed by atoms with E-state index in [1.165, 1.54) is 12.3 Å². The van der Waals surface area contributed by atoms with Gasteiger partial charge in [-0.15, -0.1) is 0 Å². The Hall–Kier alpha value is -5.20. The average Bonchev–Trinajstić information content (AvgIpc) is 3.80. The van der Waals surface area contributed by atoms with Gasteiger partial charge >= 0.3 is 0 Å². The molecule has 4 heterocycles. The molecule has 13 heteroatoms. The lowest BCUT2D eigenvalue weighted by atomic mass is 10.1. The van der Waals surface area contributed by atoms with Crippen molar-refractivity contribution in [2.24, 2.45) is 0 Å². The first-order chi connectivity index (χ1) is 21.4. The Morgan fingerprint density at radius 3 is 2.61 bits per heavy atom. The van der Waals surface area contributed by atoms with Crippen LogP contribution in [0.4, 0.5) is 15.9 Å². The van der Waals surface area contributed by atoms with E-state index in [-0.39, 0.29) is 24.2 Å². The molecule has 0 radical (unpaired) electrons. The third-order valence-electron chi connectivity index (χ3n) is 7.71. The number of nitrogens with zero attached hydrogens (tertiary/aromatic N) is 6. The third-order valence-corrected chi connectivity index (χ3v) is 7.71. The van der Waals surface area contributed by atoms with Gasteiger partial charge in [-0.05, 0) is 43.7 Å². The number of imidazole rings is 1. The highest BCUT2D eigenvalue weighted by Crippen LogP contribution is 2.27. The van der Waals surface area contributed by atoms with Crippen molar-refractivity contribution < 1.29 is 23.0 Å². The summed E-state index contributed by atoms with van der Waals surface area (Å²) in [7, 11) is 0. The van der Waals surface area contributed by atoms with Gasteiger partial charge in [0.2, 0.25) is 5.91 Å². The first-order valence-electron chi connectivity index (χ1n) is 14.6. The summed E-state index contributed by atoms with van der Waals surface area (Å²) >= 11 is 0. The summed E-state index contributed by atoms with van der Waals surface area (Å²) in [6, 6.07) is 13.8. The number of halogens is 1. The minimum Gasteiger partial charge on any atom is -0.366 e. The van der Waals surface area contributed by atoms with Gasteiger partial charge in [-0.1, -0.05) is 23.3 Å². The Morgan fingerprint density at radius 1 is 1.02 bits per heavy atom. The van der Waals surface area contributed by atoms with Crippen LogP contribution in [0.1, 0.15) is 35.3 Å². The Bertz CT molecular complexity index is 1770. The van der Waals surface area contributed by atoms with E-state index < -0.39 is 0 Å². The van der Waals surface area contributed by atoms with Crippen LogP contribution in [0, 0.1) is 12.7 Å². The molecule has 228 valence electrons. The maximum absolute atomic E-state index is 15.2. The van der Waals surface area contributed by atoms with E-state index in [9.17, 15) is 9.59 Å². The largest absolute Gasteiger partial charge is 0.366 e. The molecule has 1 saturated heterocycles.